The second kappa shape index (κ2) is 11.4. The molecular weight excluding hydrogens is 440 g/mol. The summed E-state index contributed by atoms with van der Waals surface area (Å²) in [4.78, 5) is 26.6. The largest absolute Gasteiger partial charge is 0.326 e. The molecule has 0 saturated heterocycles. The smallest absolute Gasteiger partial charge is 0.242 e. The van der Waals surface area contributed by atoms with Crippen molar-refractivity contribution in [3.05, 3.63) is 90.0 Å². The van der Waals surface area contributed by atoms with Gasteiger partial charge in [-0.1, -0.05) is 83.1 Å². The van der Waals surface area contributed by atoms with Gasteiger partial charge in [0, 0.05) is 22.7 Å². The van der Waals surface area contributed by atoms with Gasteiger partial charge in [-0.25, -0.2) is 0 Å². The van der Waals surface area contributed by atoms with E-state index in [0.29, 0.717) is 12.3 Å². The molecule has 0 aliphatic carbocycles. The van der Waals surface area contributed by atoms with E-state index in [1.54, 1.807) is 0 Å². The Kier molecular flexibility index (Phi) is 8.56. The zero-order chi connectivity index (χ0) is 24.7. The average molecular weight is 475 g/mol. The Labute approximate surface area is 207 Å². The molecule has 0 aliphatic heterocycles. The van der Waals surface area contributed by atoms with Crippen LogP contribution in [0.4, 0.5) is 11.4 Å². The Bertz CT molecular complexity index is 1100. The molecule has 0 aromatic heterocycles. The molecule has 5 heteroatoms. The first-order chi connectivity index (χ1) is 16.1. The summed E-state index contributed by atoms with van der Waals surface area (Å²) in [5.74, 6) is 0.334. The van der Waals surface area contributed by atoms with Crippen molar-refractivity contribution in [2.45, 2.75) is 57.1 Å². The van der Waals surface area contributed by atoms with E-state index in [1.807, 2.05) is 87.5 Å². The molecule has 0 bridgehead atoms. The molecule has 3 aromatic rings. The van der Waals surface area contributed by atoms with Crippen LogP contribution in [-0.4, -0.2) is 11.8 Å². The van der Waals surface area contributed by atoms with E-state index in [4.69, 9.17) is 0 Å². The van der Waals surface area contributed by atoms with Crippen molar-refractivity contribution >= 4 is 35.0 Å². The first-order valence-electron chi connectivity index (χ1n) is 11.6. The van der Waals surface area contributed by atoms with Gasteiger partial charge in [-0.05, 0) is 52.8 Å². The number of hydrogen-bond acceptors (Lipinski definition) is 3. The van der Waals surface area contributed by atoms with Gasteiger partial charge < -0.3 is 10.6 Å². The van der Waals surface area contributed by atoms with Crippen LogP contribution in [0.15, 0.2) is 83.8 Å². The fourth-order valence-corrected chi connectivity index (χ4v) is 4.61. The van der Waals surface area contributed by atoms with E-state index < -0.39 is 5.25 Å². The van der Waals surface area contributed by atoms with Gasteiger partial charge in [0.25, 0.3) is 0 Å². The molecular formula is C29H34N2O2S. The van der Waals surface area contributed by atoms with Gasteiger partial charge in [0.1, 0.15) is 5.25 Å². The molecule has 0 radical (unpaired) electrons. The minimum Gasteiger partial charge on any atom is -0.326 e. The molecule has 2 N–H and O–H groups in total. The standard InChI is InChI=1S/C29H34N2O2S/c1-20(2)21-14-16-23(17-15-21)31-28(33)27(22-10-7-6-8-11-22)34-25-13-9-12-24(18-25)30-26(32)19-29(3,4)5/h6-18,20,27H,19H2,1-5H3,(H,30,32)(H,31,33). The zero-order valence-corrected chi connectivity index (χ0v) is 21.4. The number of rotatable bonds is 8. The second-order valence-electron chi connectivity index (χ2n) is 9.99. The Morgan fingerprint density at radius 3 is 2.09 bits per heavy atom. The molecule has 4 nitrogen and oxygen atoms in total. The van der Waals surface area contributed by atoms with Gasteiger partial charge in [0.15, 0.2) is 0 Å². The van der Waals surface area contributed by atoms with Gasteiger partial charge >= 0.3 is 0 Å². The van der Waals surface area contributed by atoms with E-state index in [-0.39, 0.29) is 17.2 Å². The van der Waals surface area contributed by atoms with Crippen molar-refractivity contribution in [3.8, 4) is 0 Å². The average Bonchev–Trinajstić information content (AvgIpc) is 2.77. The van der Waals surface area contributed by atoms with E-state index in [9.17, 15) is 9.59 Å². The fourth-order valence-electron chi connectivity index (χ4n) is 3.53. The molecule has 2 amide bonds. The summed E-state index contributed by atoms with van der Waals surface area (Å²) in [6.45, 7) is 10.4. The van der Waals surface area contributed by atoms with Crippen molar-refractivity contribution in [1.82, 2.24) is 0 Å². The molecule has 1 unspecified atom stereocenters. The summed E-state index contributed by atoms with van der Waals surface area (Å²) >= 11 is 1.47. The molecule has 0 saturated carbocycles. The van der Waals surface area contributed by atoms with Crippen molar-refractivity contribution < 1.29 is 9.59 Å². The van der Waals surface area contributed by atoms with Gasteiger partial charge in [0.2, 0.25) is 11.8 Å². The highest BCUT2D eigenvalue weighted by Crippen LogP contribution is 2.37. The Morgan fingerprint density at radius 1 is 0.794 bits per heavy atom. The Hall–Kier alpha value is -3.05. The summed E-state index contributed by atoms with van der Waals surface area (Å²) in [5, 5.41) is 5.61. The van der Waals surface area contributed by atoms with Crippen LogP contribution < -0.4 is 10.6 Å². The van der Waals surface area contributed by atoms with Crippen LogP contribution in [0, 0.1) is 5.41 Å². The highest BCUT2D eigenvalue weighted by molar-refractivity contribution is 8.00. The quantitative estimate of drug-likeness (QED) is 0.330. The third kappa shape index (κ3) is 7.77. The van der Waals surface area contributed by atoms with E-state index in [0.717, 1.165) is 21.8 Å². The molecule has 34 heavy (non-hydrogen) atoms. The molecule has 0 fully saturated rings. The maximum atomic E-state index is 13.4. The Balaban J connectivity index is 1.78. The van der Waals surface area contributed by atoms with Crippen molar-refractivity contribution in [3.63, 3.8) is 0 Å². The van der Waals surface area contributed by atoms with Crippen LogP contribution in [0.3, 0.4) is 0 Å². The van der Waals surface area contributed by atoms with Gasteiger partial charge in [0.05, 0.1) is 0 Å². The number of benzene rings is 3. The number of nitrogens with one attached hydrogen (secondary N) is 2. The van der Waals surface area contributed by atoms with Gasteiger partial charge in [-0.3, -0.25) is 9.59 Å². The predicted molar refractivity (Wildman–Crippen MR) is 143 cm³/mol. The second-order valence-corrected chi connectivity index (χ2v) is 11.2. The van der Waals surface area contributed by atoms with Gasteiger partial charge in [-0.2, -0.15) is 0 Å². The van der Waals surface area contributed by atoms with E-state index >= 15 is 0 Å². The maximum absolute atomic E-state index is 13.4. The number of hydrogen-bond donors (Lipinski definition) is 2. The highest BCUT2D eigenvalue weighted by Gasteiger charge is 2.23. The number of carbonyl (C=O) groups excluding carboxylic acids is 2. The fraction of sp³-hybridized carbons (Fsp3) is 0.310. The normalized spacial score (nSPS) is 12.3. The third-order valence-corrected chi connectivity index (χ3v) is 6.50. The molecule has 1 atom stereocenters. The lowest BCUT2D eigenvalue weighted by Gasteiger charge is -2.19. The highest BCUT2D eigenvalue weighted by atomic mass is 32.2. The lowest BCUT2D eigenvalue weighted by molar-refractivity contribution is -0.118. The molecule has 3 rings (SSSR count). The van der Waals surface area contributed by atoms with Crippen LogP contribution in [-0.2, 0) is 9.59 Å². The Morgan fingerprint density at radius 2 is 1.47 bits per heavy atom. The monoisotopic (exact) mass is 474 g/mol. The summed E-state index contributed by atoms with van der Waals surface area (Å²) in [6.07, 6.45) is 0.439. The first kappa shape index (κ1) is 25.6. The number of carbonyl (C=O) groups is 2. The van der Waals surface area contributed by atoms with E-state index in [2.05, 4.69) is 36.6 Å². The minimum atomic E-state index is -0.438. The van der Waals surface area contributed by atoms with Crippen molar-refractivity contribution in [2.75, 3.05) is 10.6 Å². The molecule has 0 spiro atoms. The molecule has 178 valence electrons. The summed E-state index contributed by atoms with van der Waals surface area (Å²) in [6, 6.07) is 25.4. The maximum Gasteiger partial charge on any atom is 0.242 e. The summed E-state index contributed by atoms with van der Waals surface area (Å²) < 4.78 is 0. The van der Waals surface area contributed by atoms with Crippen molar-refractivity contribution in [2.24, 2.45) is 5.41 Å². The minimum absolute atomic E-state index is 0.0168. The number of thioether (sulfide) groups is 1. The summed E-state index contributed by atoms with van der Waals surface area (Å²) in [7, 11) is 0. The molecule has 3 aromatic carbocycles. The van der Waals surface area contributed by atoms with Crippen LogP contribution >= 0.6 is 11.8 Å². The number of anilines is 2. The van der Waals surface area contributed by atoms with Crippen LogP contribution in [0.5, 0.6) is 0 Å². The predicted octanol–water partition coefficient (Wildman–Crippen LogP) is 7.66. The lowest BCUT2D eigenvalue weighted by atomic mass is 9.92. The summed E-state index contributed by atoms with van der Waals surface area (Å²) in [5.41, 5.74) is 3.58. The molecule has 0 heterocycles. The lowest BCUT2D eigenvalue weighted by Crippen LogP contribution is -2.20. The van der Waals surface area contributed by atoms with Crippen molar-refractivity contribution in [1.29, 1.82) is 0 Å². The van der Waals surface area contributed by atoms with Crippen LogP contribution in [0.2, 0.25) is 0 Å². The zero-order valence-electron chi connectivity index (χ0n) is 20.6. The first-order valence-corrected chi connectivity index (χ1v) is 12.5. The SMILES string of the molecule is CC(C)c1ccc(NC(=O)C(Sc2cccc(NC(=O)CC(C)(C)C)c2)c2ccccc2)cc1. The topological polar surface area (TPSA) is 58.2 Å². The van der Waals surface area contributed by atoms with E-state index in [1.165, 1.54) is 17.3 Å². The van der Waals surface area contributed by atoms with Gasteiger partial charge in [-0.15, -0.1) is 11.8 Å². The number of amides is 2. The van der Waals surface area contributed by atoms with Crippen LogP contribution in [0.1, 0.15) is 63.3 Å². The van der Waals surface area contributed by atoms with Crippen LogP contribution in [0.25, 0.3) is 0 Å². The third-order valence-electron chi connectivity index (χ3n) is 5.25. The molecule has 0 aliphatic rings.